The van der Waals surface area contributed by atoms with Crippen molar-refractivity contribution in [2.75, 3.05) is 6.61 Å². The predicted molar refractivity (Wildman–Crippen MR) is 59.3 cm³/mol. The van der Waals surface area contributed by atoms with E-state index in [4.69, 9.17) is 9.47 Å². The van der Waals surface area contributed by atoms with Gasteiger partial charge in [0, 0.05) is 18.2 Å². The third-order valence-electron chi connectivity index (χ3n) is 2.36. The molecule has 0 spiro atoms. The maximum atomic E-state index is 5.72. The lowest BCUT2D eigenvalue weighted by atomic mass is 10.1. The van der Waals surface area contributed by atoms with Crippen molar-refractivity contribution in [2.45, 2.75) is 26.7 Å². The number of hydrogen-bond acceptors (Lipinski definition) is 3. The van der Waals surface area contributed by atoms with Crippen LogP contribution in [-0.4, -0.2) is 18.2 Å². The highest BCUT2D eigenvalue weighted by Gasteiger charge is 2.31. The quantitative estimate of drug-likeness (QED) is 0.743. The first-order valence-electron chi connectivity index (χ1n) is 5.13. The fraction of sp³-hybridized carbons (Fsp3) is 0.417. The van der Waals surface area contributed by atoms with Gasteiger partial charge in [-0.3, -0.25) is 0 Å². The van der Waals surface area contributed by atoms with Crippen LogP contribution in [0, 0.1) is 0 Å². The molecular formula is C12H15NO2. The van der Waals surface area contributed by atoms with Gasteiger partial charge < -0.3 is 9.47 Å². The Bertz CT molecular complexity index is 400. The van der Waals surface area contributed by atoms with Gasteiger partial charge in [-0.25, -0.2) is 4.99 Å². The molecule has 80 valence electrons. The van der Waals surface area contributed by atoms with Crippen LogP contribution < -0.4 is 4.74 Å². The van der Waals surface area contributed by atoms with Crippen molar-refractivity contribution in [1.29, 1.82) is 0 Å². The molecule has 1 aromatic rings. The van der Waals surface area contributed by atoms with Crippen LogP contribution in [0.4, 0.5) is 0 Å². The summed E-state index contributed by atoms with van der Waals surface area (Å²) < 4.78 is 11.2. The summed E-state index contributed by atoms with van der Waals surface area (Å²) in [5.41, 5.74) is 1.99. The minimum Gasteiger partial charge on any atom is -0.442 e. The highest BCUT2D eigenvalue weighted by molar-refractivity contribution is 6.01. The van der Waals surface area contributed by atoms with Crippen LogP contribution in [0.2, 0.25) is 0 Å². The molecule has 3 nitrogen and oxygen atoms in total. The van der Waals surface area contributed by atoms with Crippen LogP contribution in [0.1, 0.15) is 26.3 Å². The van der Waals surface area contributed by atoms with E-state index in [1.54, 1.807) is 0 Å². The van der Waals surface area contributed by atoms with Crippen LogP contribution in [0.25, 0.3) is 0 Å². The zero-order chi connectivity index (χ0) is 10.9. The largest absolute Gasteiger partial charge is 0.442 e. The maximum absolute atomic E-state index is 5.72. The van der Waals surface area contributed by atoms with Crippen LogP contribution in [0.15, 0.2) is 29.3 Å². The summed E-state index contributed by atoms with van der Waals surface area (Å²) >= 11 is 0. The molecule has 0 saturated carbocycles. The van der Waals surface area contributed by atoms with E-state index in [-0.39, 0.29) is 0 Å². The Hall–Kier alpha value is -1.35. The van der Waals surface area contributed by atoms with E-state index < -0.39 is 5.91 Å². The second-order valence-electron chi connectivity index (χ2n) is 3.63. The van der Waals surface area contributed by atoms with Crippen molar-refractivity contribution in [3.05, 3.63) is 29.8 Å². The third kappa shape index (κ3) is 1.88. The van der Waals surface area contributed by atoms with E-state index in [1.807, 2.05) is 45.0 Å². The molecule has 1 aliphatic heterocycles. The van der Waals surface area contributed by atoms with Crippen molar-refractivity contribution in [3.63, 3.8) is 0 Å². The lowest BCUT2D eigenvalue weighted by molar-refractivity contribution is -0.161. The lowest BCUT2D eigenvalue weighted by Gasteiger charge is -2.31. The van der Waals surface area contributed by atoms with Gasteiger partial charge in [-0.15, -0.1) is 0 Å². The van der Waals surface area contributed by atoms with Gasteiger partial charge in [-0.2, -0.15) is 0 Å². The first-order valence-corrected chi connectivity index (χ1v) is 5.13. The summed E-state index contributed by atoms with van der Waals surface area (Å²) in [6.45, 7) is 6.31. The van der Waals surface area contributed by atoms with Gasteiger partial charge in [0.05, 0.1) is 6.61 Å². The molecule has 1 aromatic carbocycles. The number of nitrogens with zero attached hydrogens (tertiary/aromatic N) is 1. The Morgan fingerprint density at radius 1 is 1.40 bits per heavy atom. The number of rotatable bonds is 2. The van der Waals surface area contributed by atoms with Crippen LogP contribution in [0.5, 0.6) is 5.75 Å². The molecule has 3 heteroatoms. The van der Waals surface area contributed by atoms with E-state index >= 15 is 0 Å². The van der Waals surface area contributed by atoms with Gasteiger partial charge in [0.25, 0.3) is 0 Å². The van der Waals surface area contributed by atoms with Gasteiger partial charge in [0.15, 0.2) is 0 Å². The van der Waals surface area contributed by atoms with Crippen LogP contribution in [0.3, 0.4) is 0 Å². The van der Waals surface area contributed by atoms with E-state index in [0.717, 1.165) is 17.0 Å². The predicted octanol–water partition coefficient (Wildman–Crippen LogP) is 2.60. The second kappa shape index (κ2) is 3.66. The first kappa shape index (κ1) is 10.2. The standard InChI is InChI=1S/C12H15NO2/c1-4-14-12(3)13-9(2)10-7-5-6-8-11(10)15-12/h5-8H,4H2,1-3H3. The molecule has 15 heavy (non-hydrogen) atoms. The second-order valence-corrected chi connectivity index (χ2v) is 3.63. The summed E-state index contributed by atoms with van der Waals surface area (Å²) in [5, 5.41) is 0. The Labute approximate surface area is 89.7 Å². The normalized spacial score (nSPS) is 24.1. The highest BCUT2D eigenvalue weighted by Crippen LogP contribution is 2.30. The average Bonchev–Trinajstić information content (AvgIpc) is 2.17. The van der Waals surface area contributed by atoms with Gasteiger partial charge >= 0.3 is 5.91 Å². The summed E-state index contributed by atoms with van der Waals surface area (Å²) in [6, 6.07) is 7.86. The van der Waals surface area contributed by atoms with Gasteiger partial charge in [-0.1, -0.05) is 12.1 Å². The summed E-state index contributed by atoms with van der Waals surface area (Å²) in [5.74, 6) is -0.0337. The first-order chi connectivity index (χ1) is 7.14. The average molecular weight is 205 g/mol. The van der Waals surface area contributed by atoms with E-state index in [2.05, 4.69) is 4.99 Å². The Morgan fingerprint density at radius 3 is 2.87 bits per heavy atom. The number of hydrogen-bond donors (Lipinski definition) is 0. The fourth-order valence-corrected chi connectivity index (χ4v) is 1.78. The number of ether oxygens (including phenoxy) is 2. The molecule has 2 rings (SSSR count). The molecule has 0 aromatic heterocycles. The lowest BCUT2D eigenvalue weighted by Crippen LogP contribution is -2.37. The maximum Gasteiger partial charge on any atom is 0.309 e. The topological polar surface area (TPSA) is 30.8 Å². The molecule has 0 amide bonds. The third-order valence-corrected chi connectivity index (χ3v) is 2.36. The van der Waals surface area contributed by atoms with E-state index in [1.165, 1.54) is 0 Å². The van der Waals surface area contributed by atoms with Crippen LogP contribution >= 0.6 is 0 Å². The zero-order valence-electron chi connectivity index (χ0n) is 9.28. The number of fused-ring (bicyclic) bond motifs is 1. The molecule has 1 heterocycles. The van der Waals surface area contributed by atoms with Crippen molar-refractivity contribution >= 4 is 5.71 Å². The molecule has 0 N–H and O–H groups in total. The molecule has 0 aliphatic carbocycles. The Balaban J connectivity index is 2.40. The smallest absolute Gasteiger partial charge is 0.309 e. The zero-order valence-corrected chi connectivity index (χ0v) is 9.28. The van der Waals surface area contributed by atoms with Crippen molar-refractivity contribution in [2.24, 2.45) is 4.99 Å². The van der Waals surface area contributed by atoms with Gasteiger partial charge in [0.2, 0.25) is 0 Å². The Morgan fingerprint density at radius 2 is 2.13 bits per heavy atom. The van der Waals surface area contributed by atoms with Crippen molar-refractivity contribution in [3.8, 4) is 5.75 Å². The number of para-hydroxylation sites is 1. The molecule has 1 aliphatic rings. The van der Waals surface area contributed by atoms with Gasteiger partial charge in [-0.05, 0) is 26.0 Å². The summed E-state index contributed by atoms with van der Waals surface area (Å²) in [4.78, 5) is 4.42. The highest BCUT2D eigenvalue weighted by atomic mass is 16.7. The van der Waals surface area contributed by atoms with Gasteiger partial charge in [0.1, 0.15) is 5.75 Å². The van der Waals surface area contributed by atoms with E-state index in [0.29, 0.717) is 6.61 Å². The minimum absolute atomic E-state index is 0.579. The number of benzene rings is 1. The molecular weight excluding hydrogens is 190 g/mol. The SMILES string of the molecule is CCOC1(C)N=C(C)c2ccccc2O1. The summed E-state index contributed by atoms with van der Waals surface area (Å²) in [6.07, 6.45) is 0. The number of aliphatic imine (C=N–C) groups is 1. The van der Waals surface area contributed by atoms with Crippen molar-refractivity contribution < 1.29 is 9.47 Å². The molecule has 0 saturated heterocycles. The summed E-state index contributed by atoms with van der Waals surface area (Å²) in [7, 11) is 0. The van der Waals surface area contributed by atoms with Crippen LogP contribution in [-0.2, 0) is 4.74 Å². The molecule has 1 unspecified atom stereocenters. The monoisotopic (exact) mass is 205 g/mol. The molecule has 0 fully saturated rings. The minimum atomic E-state index is -0.868. The fourth-order valence-electron chi connectivity index (χ4n) is 1.78. The molecule has 0 bridgehead atoms. The molecule has 1 atom stereocenters. The molecule has 0 radical (unpaired) electrons. The van der Waals surface area contributed by atoms with Crippen molar-refractivity contribution in [1.82, 2.24) is 0 Å². The Kier molecular flexibility index (Phi) is 2.49. The van der Waals surface area contributed by atoms with E-state index in [9.17, 15) is 0 Å².